The Bertz CT molecular complexity index is 1120. The van der Waals surface area contributed by atoms with Crippen molar-refractivity contribution in [3.05, 3.63) is 41.1 Å². The molecule has 2 aromatic heterocycles. The summed E-state index contributed by atoms with van der Waals surface area (Å²) >= 11 is 3.04. The molecular formula is C23H24N4O2S2. The number of anilines is 1. The van der Waals surface area contributed by atoms with Gasteiger partial charge in [0.1, 0.15) is 11.9 Å². The van der Waals surface area contributed by atoms with Gasteiger partial charge in [0.05, 0.1) is 34.2 Å². The highest BCUT2D eigenvalue weighted by Crippen LogP contribution is 2.35. The Labute approximate surface area is 189 Å². The van der Waals surface area contributed by atoms with E-state index in [-0.39, 0.29) is 17.8 Å². The number of thioether (sulfide) groups is 1. The molecule has 0 saturated carbocycles. The topological polar surface area (TPSA) is 79.9 Å². The van der Waals surface area contributed by atoms with Crippen molar-refractivity contribution < 1.29 is 9.53 Å². The van der Waals surface area contributed by atoms with Gasteiger partial charge in [-0.2, -0.15) is 5.26 Å². The average molecular weight is 453 g/mol. The molecule has 5 rings (SSSR count). The van der Waals surface area contributed by atoms with Crippen LogP contribution in [-0.2, 0) is 28.9 Å². The van der Waals surface area contributed by atoms with E-state index in [0.29, 0.717) is 17.9 Å². The molecule has 0 spiro atoms. The van der Waals surface area contributed by atoms with Gasteiger partial charge in [0.2, 0.25) is 5.91 Å². The van der Waals surface area contributed by atoms with Gasteiger partial charge in [-0.15, -0.1) is 11.3 Å². The summed E-state index contributed by atoms with van der Waals surface area (Å²) in [6, 6.07) is 10.4. The van der Waals surface area contributed by atoms with Crippen LogP contribution in [0.25, 0.3) is 10.2 Å². The Balaban J connectivity index is 1.36. The smallest absolute Gasteiger partial charge is 0.235 e. The summed E-state index contributed by atoms with van der Waals surface area (Å²) in [5, 5.41) is 13.0. The number of carbonyl (C=O) groups excluding carboxylic acids is 1. The molecule has 160 valence electrons. The monoisotopic (exact) mass is 452 g/mol. The molecule has 0 bridgehead atoms. The molecule has 3 aromatic rings. The van der Waals surface area contributed by atoms with Crippen LogP contribution < -0.4 is 5.32 Å². The van der Waals surface area contributed by atoms with E-state index in [0.717, 1.165) is 65.3 Å². The van der Waals surface area contributed by atoms with Crippen LogP contribution in [0.3, 0.4) is 0 Å². The molecule has 1 fully saturated rings. The summed E-state index contributed by atoms with van der Waals surface area (Å²) in [5.41, 5.74) is 3.90. The number of aromatic nitrogens is 2. The van der Waals surface area contributed by atoms with Crippen molar-refractivity contribution in [2.45, 2.75) is 55.5 Å². The highest BCUT2D eigenvalue weighted by molar-refractivity contribution is 8.01. The van der Waals surface area contributed by atoms with Crippen LogP contribution in [0.1, 0.15) is 42.5 Å². The first-order chi connectivity index (χ1) is 15.2. The second-order valence-electron chi connectivity index (χ2n) is 8.00. The molecule has 1 atom stereocenters. The summed E-state index contributed by atoms with van der Waals surface area (Å²) in [7, 11) is 0. The maximum Gasteiger partial charge on any atom is 0.235 e. The molecule has 1 aliphatic heterocycles. The molecule has 1 unspecified atom stereocenters. The Morgan fingerprint density at radius 2 is 2.19 bits per heavy atom. The van der Waals surface area contributed by atoms with Crippen molar-refractivity contribution in [3.63, 3.8) is 0 Å². The zero-order chi connectivity index (χ0) is 21.2. The number of nitriles is 1. The number of hydrogen-bond donors (Lipinski definition) is 1. The molecule has 2 aliphatic rings. The lowest BCUT2D eigenvalue weighted by Gasteiger charge is -2.19. The second-order valence-corrected chi connectivity index (χ2v) is 10.3. The van der Waals surface area contributed by atoms with E-state index >= 15 is 0 Å². The first-order valence-electron chi connectivity index (χ1n) is 10.8. The number of para-hydroxylation sites is 1. The molecule has 1 aromatic carbocycles. The zero-order valence-corrected chi connectivity index (χ0v) is 18.9. The van der Waals surface area contributed by atoms with Crippen molar-refractivity contribution in [3.8, 4) is 6.07 Å². The fraction of sp³-hybridized carbons (Fsp3) is 0.435. The fourth-order valence-corrected chi connectivity index (χ4v) is 6.39. The second kappa shape index (κ2) is 9.03. The molecule has 6 nitrogen and oxygen atoms in total. The molecule has 1 N–H and O–H groups in total. The van der Waals surface area contributed by atoms with E-state index in [4.69, 9.17) is 4.74 Å². The van der Waals surface area contributed by atoms with Crippen LogP contribution in [0.2, 0.25) is 0 Å². The molecule has 1 amide bonds. The third-order valence-corrected chi connectivity index (χ3v) is 8.13. The molecule has 1 aliphatic carbocycles. The van der Waals surface area contributed by atoms with E-state index in [2.05, 4.69) is 20.9 Å². The van der Waals surface area contributed by atoms with Gasteiger partial charge in [-0.1, -0.05) is 23.9 Å². The largest absolute Gasteiger partial charge is 0.376 e. The minimum atomic E-state index is -0.107. The quantitative estimate of drug-likeness (QED) is 0.546. The standard InChI is InChI=1S/C23H24N4O2S2/c24-12-17-16-7-1-3-9-19(16)27(13-15-6-5-11-29-15)22(17)26-21(28)14-30-23-25-18-8-2-4-10-20(18)31-23/h2,4,8,10,15H,1,3,5-7,9,11,13-14H2,(H,26,28). The number of amides is 1. The summed E-state index contributed by atoms with van der Waals surface area (Å²) < 4.78 is 10.0. The highest BCUT2D eigenvalue weighted by Gasteiger charge is 2.28. The average Bonchev–Trinajstić information content (AvgIpc) is 3.51. The van der Waals surface area contributed by atoms with Gasteiger partial charge < -0.3 is 14.6 Å². The van der Waals surface area contributed by atoms with Crippen LogP contribution in [0.5, 0.6) is 0 Å². The number of fused-ring (bicyclic) bond motifs is 2. The Hall–Kier alpha value is -2.34. The molecule has 31 heavy (non-hydrogen) atoms. The molecule has 0 radical (unpaired) electrons. The van der Waals surface area contributed by atoms with Crippen molar-refractivity contribution in [1.29, 1.82) is 5.26 Å². The lowest BCUT2D eigenvalue weighted by Crippen LogP contribution is -2.22. The number of thiazole rings is 1. The van der Waals surface area contributed by atoms with Crippen molar-refractivity contribution >= 4 is 45.0 Å². The Morgan fingerprint density at radius 1 is 1.32 bits per heavy atom. The van der Waals surface area contributed by atoms with Gasteiger partial charge in [-0.05, 0) is 56.2 Å². The normalized spacial score (nSPS) is 18.1. The third-order valence-electron chi connectivity index (χ3n) is 5.95. The first kappa shape index (κ1) is 20.6. The van der Waals surface area contributed by atoms with Gasteiger partial charge in [0.15, 0.2) is 4.34 Å². The number of carbonyl (C=O) groups is 1. The first-order valence-corrected chi connectivity index (χ1v) is 12.6. The molecular weight excluding hydrogens is 428 g/mol. The molecule has 8 heteroatoms. The van der Waals surface area contributed by atoms with E-state index in [1.54, 1.807) is 11.3 Å². The predicted octanol–water partition coefficient (Wildman–Crippen LogP) is 4.76. The summed E-state index contributed by atoms with van der Waals surface area (Å²) in [5.74, 6) is 0.810. The third kappa shape index (κ3) is 4.22. The summed E-state index contributed by atoms with van der Waals surface area (Å²) in [4.78, 5) is 17.5. The van der Waals surface area contributed by atoms with Gasteiger partial charge in [-0.25, -0.2) is 4.98 Å². The van der Waals surface area contributed by atoms with E-state index in [1.807, 2.05) is 24.3 Å². The number of ether oxygens (including phenoxy) is 1. The van der Waals surface area contributed by atoms with E-state index in [9.17, 15) is 10.1 Å². The van der Waals surface area contributed by atoms with Gasteiger partial charge in [0.25, 0.3) is 0 Å². The maximum atomic E-state index is 12.9. The Morgan fingerprint density at radius 3 is 3.00 bits per heavy atom. The van der Waals surface area contributed by atoms with Gasteiger partial charge >= 0.3 is 0 Å². The van der Waals surface area contributed by atoms with Crippen LogP contribution in [0, 0.1) is 11.3 Å². The highest BCUT2D eigenvalue weighted by atomic mass is 32.2. The lowest BCUT2D eigenvalue weighted by atomic mass is 9.95. The van der Waals surface area contributed by atoms with Crippen molar-refractivity contribution in [1.82, 2.24) is 9.55 Å². The van der Waals surface area contributed by atoms with Crippen LogP contribution >= 0.6 is 23.1 Å². The maximum absolute atomic E-state index is 12.9. The summed E-state index contributed by atoms with van der Waals surface area (Å²) in [6.07, 6.45) is 6.31. The van der Waals surface area contributed by atoms with Crippen molar-refractivity contribution in [2.75, 3.05) is 17.7 Å². The van der Waals surface area contributed by atoms with Gasteiger partial charge in [-0.3, -0.25) is 4.79 Å². The number of nitrogens with one attached hydrogen (secondary N) is 1. The lowest BCUT2D eigenvalue weighted by molar-refractivity contribution is -0.113. The van der Waals surface area contributed by atoms with E-state index < -0.39 is 0 Å². The number of nitrogens with zero attached hydrogens (tertiary/aromatic N) is 3. The van der Waals surface area contributed by atoms with E-state index in [1.165, 1.54) is 17.5 Å². The number of benzene rings is 1. The SMILES string of the molecule is N#Cc1c2c(n(CC3CCCO3)c1NC(=O)CSc1nc3ccccc3s1)CCCC2. The number of rotatable bonds is 6. The summed E-state index contributed by atoms with van der Waals surface area (Å²) in [6.45, 7) is 1.49. The fourth-order valence-electron chi connectivity index (χ4n) is 4.52. The predicted molar refractivity (Wildman–Crippen MR) is 124 cm³/mol. The van der Waals surface area contributed by atoms with Gasteiger partial charge in [0, 0.05) is 12.3 Å². The van der Waals surface area contributed by atoms with Crippen LogP contribution in [-0.4, -0.2) is 33.9 Å². The molecule has 3 heterocycles. The molecule has 1 saturated heterocycles. The van der Waals surface area contributed by atoms with Crippen molar-refractivity contribution in [2.24, 2.45) is 0 Å². The minimum Gasteiger partial charge on any atom is -0.376 e. The van der Waals surface area contributed by atoms with Crippen LogP contribution in [0.4, 0.5) is 5.82 Å². The number of hydrogen-bond acceptors (Lipinski definition) is 6. The Kier molecular flexibility index (Phi) is 5.99. The zero-order valence-electron chi connectivity index (χ0n) is 17.2. The minimum absolute atomic E-state index is 0.107. The van der Waals surface area contributed by atoms with Crippen LogP contribution in [0.15, 0.2) is 28.6 Å².